The average molecular weight is 383 g/mol. The lowest BCUT2D eigenvalue weighted by Crippen LogP contribution is -2.38. The van der Waals surface area contributed by atoms with E-state index in [4.69, 9.17) is 9.72 Å². The van der Waals surface area contributed by atoms with Gasteiger partial charge in [-0.15, -0.1) is 11.3 Å². The number of hydrogen-bond acceptors (Lipinski definition) is 5. The number of rotatable bonds is 5. The van der Waals surface area contributed by atoms with E-state index in [0.29, 0.717) is 18.6 Å². The van der Waals surface area contributed by atoms with Gasteiger partial charge in [0, 0.05) is 42.8 Å². The number of benzene rings is 1. The van der Waals surface area contributed by atoms with E-state index in [0.717, 1.165) is 36.0 Å². The molecule has 140 valence electrons. The molecule has 1 aliphatic heterocycles. The molecule has 0 unspecified atom stereocenters. The summed E-state index contributed by atoms with van der Waals surface area (Å²) in [7, 11) is 0. The zero-order valence-corrected chi connectivity index (χ0v) is 16.1. The van der Waals surface area contributed by atoms with Gasteiger partial charge in [0.15, 0.2) is 0 Å². The first-order chi connectivity index (χ1) is 13.2. The SMILES string of the molecule is Cc1ncc(CN2CCO[C@H](c3cccc(Cc4ccccc4F)n3)C2)s1. The number of ether oxygens (including phenoxy) is 1. The summed E-state index contributed by atoms with van der Waals surface area (Å²) in [5, 5.41) is 1.09. The highest BCUT2D eigenvalue weighted by molar-refractivity contribution is 7.11. The second-order valence-corrected chi connectivity index (χ2v) is 8.08. The molecule has 1 saturated heterocycles. The molecular formula is C21H22FN3OS. The van der Waals surface area contributed by atoms with Crippen LogP contribution in [0.4, 0.5) is 4.39 Å². The first kappa shape index (κ1) is 18.2. The smallest absolute Gasteiger partial charge is 0.126 e. The van der Waals surface area contributed by atoms with Crippen molar-refractivity contribution in [3.63, 3.8) is 0 Å². The Morgan fingerprint density at radius 1 is 1.22 bits per heavy atom. The van der Waals surface area contributed by atoms with Gasteiger partial charge in [-0.05, 0) is 30.7 Å². The predicted octanol–water partition coefficient (Wildman–Crippen LogP) is 4.15. The average Bonchev–Trinajstić information content (AvgIpc) is 3.09. The van der Waals surface area contributed by atoms with Crippen molar-refractivity contribution in [2.45, 2.75) is 26.0 Å². The van der Waals surface area contributed by atoms with Crippen molar-refractivity contribution in [1.82, 2.24) is 14.9 Å². The van der Waals surface area contributed by atoms with E-state index in [2.05, 4.69) is 9.88 Å². The summed E-state index contributed by atoms with van der Waals surface area (Å²) < 4.78 is 19.9. The monoisotopic (exact) mass is 383 g/mol. The standard InChI is InChI=1S/C21H22FN3OS/c1-15-23-12-18(27-15)13-25-9-10-26-21(14-25)20-8-4-6-17(24-20)11-16-5-2-3-7-19(16)22/h2-8,12,21H,9-11,13-14H2,1H3/t21-/m0/s1. The van der Waals surface area contributed by atoms with Crippen LogP contribution in [0, 0.1) is 12.7 Å². The van der Waals surface area contributed by atoms with E-state index < -0.39 is 0 Å². The quantitative estimate of drug-likeness (QED) is 0.663. The number of aryl methyl sites for hydroxylation is 1. The Morgan fingerprint density at radius 3 is 2.93 bits per heavy atom. The van der Waals surface area contributed by atoms with E-state index in [1.165, 1.54) is 10.9 Å². The molecule has 1 fully saturated rings. The Hall–Kier alpha value is -2.15. The van der Waals surface area contributed by atoms with Crippen LogP contribution in [-0.2, 0) is 17.7 Å². The molecule has 1 aliphatic rings. The summed E-state index contributed by atoms with van der Waals surface area (Å²) in [5.41, 5.74) is 2.43. The fourth-order valence-corrected chi connectivity index (χ4v) is 4.17. The van der Waals surface area contributed by atoms with E-state index in [9.17, 15) is 4.39 Å². The highest BCUT2D eigenvalue weighted by Crippen LogP contribution is 2.24. The molecule has 1 atom stereocenters. The number of aromatic nitrogens is 2. The highest BCUT2D eigenvalue weighted by Gasteiger charge is 2.23. The summed E-state index contributed by atoms with van der Waals surface area (Å²) in [6.45, 7) is 5.30. The normalized spacial score (nSPS) is 17.9. The second kappa shape index (κ2) is 8.25. The molecule has 4 rings (SSSR count). The summed E-state index contributed by atoms with van der Waals surface area (Å²) >= 11 is 1.74. The number of halogens is 1. The Labute approximate surface area is 162 Å². The van der Waals surface area contributed by atoms with Crippen LogP contribution >= 0.6 is 11.3 Å². The minimum Gasteiger partial charge on any atom is -0.369 e. The first-order valence-electron chi connectivity index (χ1n) is 9.12. The zero-order chi connectivity index (χ0) is 18.6. The number of pyridine rings is 1. The summed E-state index contributed by atoms with van der Waals surface area (Å²) in [6.07, 6.45) is 2.38. The fourth-order valence-electron chi connectivity index (χ4n) is 3.34. The summed E-state index contributed by atoms with van der Waals surface area (Å²) in [4.78, 5) is 12.7. The lowest BCUT2D eigenvalue weighted by atomic mass is 10.1. The van der Waals surface area contributed by atoms with Crippen molar-refractivity contribution in [2.24, 2.45) is 0 Å². The topological polar surface area (TPSA) is 38.2 Å². The fraction of sp³-hybridized carbons (Fsp3) is 0.333. The van der Waals surface area contributed by atoms with E-state index in [1.54, 1.807) is 23.5 Å². The van der Waals surface area contributed by atoms with Gasteiger partial charge in [-0.1, -0.05) is 24.3 Å². The number of nitrogens with zero attached hydrogens (tertiary/aromatic N) is 3. The second-order valence-electron chi connectivity index (χ2n) is 6.76. The van der Waals surface area contributed by atoms with E-state index in [1.807, 2.05) is 37.4 Å². The Morgan fingerprint density at radius 2 is 2.11 bits per heavy atom. The van der Waals surface area contributed by atoms with Crippen LogP contribution < -0.4 is 0 Å². The summed E-state index contributed by atoms with van der Waals surface area (Å²) in [6, 6.07) is 12.8. The van der Waals surface area contributed by atoms with Gasteiger partial charge in [0.2, 0.25) is 0 Å². The number of hydrogen-bond donors (Lipinski definition) is 0. The molecule has 0 amide bonds. The predicted molar refractivity (Wildman–Crippen MR) is 104 cm³/mol. The van der Waals surface area contributed by atoms with Crippen molar-refractivity contribution in [1.29, 1.82) is 0 Å². The molecule has 0 N–H and O–H groups in total. The third-order valence-electron chi connectivity index (χ3n) is 4.69. The van der Waals surface area contributed by atoms with Gasteiger partial charge in [-0.2, -0.15) is 0 Å². The zero-order valence-electron chi connectivity index (χ0n) is 15.3. The highest BCUT2D eigenvalue weighted by atomic mass is 32.1. The maximum Gasteiger partial charge on any atom is 0.126 e. The Bertz CT molecular complexity index is 914. The lowest BCUT2D eigenvalue weighted by Gasteiger charge is -2.32. The van der Waals surface area contributed by atoms with Gasteiger partial charge < -0.3 is 4.74 Å². The van der Waals surface area contributed by atoms with Crippen LogP contribution in [0.5, 0.6) is 0 Å². The molecule has 0 saturated carbocycles. The maximum atomic E-state index is 13.9. The third kappa shape index (κ3) is 4.58. The van der Waals surface area contributed by atoms with Gasteiger partial charge in [0.05, 0.1) is 17.3 Å². The lowest BCUT2D eigenvalue weighted by molar-refractivity contribution is -0.0347. The van der Waals surface area contributed by atoms with E-state index >= 15 is 0 Å². The molecule has 27 heavy (non-hydrogen) atoms. The molecule has 4 nitrogen and oxygen atoms in total. The summed E-state index contributed by atoms with van der Waals surface area (Å²) in [5.74, 6) is -0.190. The molecule has 0 radical (unpaired) electrons. The van der Waals surface area contributed by atoms with Gasteiger partial charge in [-0.25, -0.2) is 9.37 Å². The number of thiazole rings is 1. The maximum absolute atomic E-state index is 13.9. The Kier molecular flexibility index (Phi) is 5.57. The minimum absolute atomic E-state index is 0.0617. The van der Waals surface area contributed by atoms with Gasteiger partial charge in [-0.3, -0.25) is 9.88 Å². The first-order valence-corrected chi connectivity index (χ1v) is 9.93. The molecule has 2 aromatic heterocycles. The molecule has 0 aliphatic carbocycles. The van der Waals surface area contributed by atoms with Gasteiger partial charge in [0.25, 0.3) is 0 Å². The van der Waals surface area contributed by atoms with Crippen molar-refractivity contribution in [3.05, 3.63) is 81.3 Å². The number of morpholine rings is 1. The van der Waals surface area contributed by atoms with Crippen LogP contribution in [0.1, 0.15) is 32.9 Å². The third-order valence-corrected chi connectivity index (χ3v) is 5.58. The molecule has 0 bridgehead atoms. The molecule has 6 heteroatoms. The minimum atomic E-state index is -0.190. The Balaban J connectivity index is 1.45. The van der Waals surface area contributed by atoms with E-state index in [-0.39, 0.29) is 11.9 Å². The van der Waals surface area contributed by atoms with Crippen molar-refractivity contribution < 1.29 is 9.13 Å². The largest absolute Gasteiger partial charge is 0.369 e. The van der Waals surface area contributed by atoms with Gasteiger partial charge >= 0.3 is 0 Å². The molecule has 1 aromatic carbocycles. The molecule has 3 aromatic rings. The van der Waals surface area contributed by atoms with Crippen LogP contribution in [-0.4, -0.2) is 34.6 Å². The van der Waals surface area contributed by atoms with Gasteiger partial charge in [0.1, 0.15) is 11.9 Å². The molecule has 3 heterocycles. The van der Waals surface area contributed by atoms with Crippen LogP contribution in [0.3, 0.4) is 0 Å². The molecular weight excluding hydrogens is 361 g/mol. The molecule has 0 spiro atoms. The van der Waals surface area contributed by atoms with Crippen molar-refractivity contribution in [2.75, 3.05) is 19.7 Å². The van der Waals surface area contributed by atoms with Crippen LogP contribution in [0.25, 0.3) is 0 Å². The van der Waals surface area contributed by atoms with Crippen molar-refractivity contribution >= 4 is 11.3 Å². The van der Waals surface area contributed by atoms with Crippen LogP contribution in [0.15, 0.2) is 48.7 Å². The van der Waals surface area contributed by atoms with Crippen molar-refractivity contribution in [3.8, 4) is 0 Å². The van der Waals surface area contributed by atoms with Crippen LogP contribution in [0.2, 0.25) is 0 Å².